The summed E-state index contributed by atoms with van der Waals surface area (Å²) in [6, 6.07) is -0.578. The van der Waals surface area contributed by atoms with Crippen molar-refractivity contribution in [2.75, 3.05) is 13.2 Å². The van der Waals surface area contributed by atoms with E-state index in [4.69, 9.17) is 4.74 Å². The molecule has 0 aliphatic carbocycles. The van der Waals surface area contributed by atoms with Gasteiger partial charge < -0.3 is 9.64 Å². The number of halogens is 3. The fourth-order valence-electron chi connectivity index (χ4n) is 1.93. The van der Waals surface area contributed by atoms with Crippen LogP contribution in [0.5, 0.6) is 0 Å². The van der Waals surface area contributed by atoms with Gasteiger partial charge in [-0.05, 0) is 40.0 Å². The number of rotatable bonds is 2. The Bertz CT molecular complexity index is 312. The lowest BCUT2D eigenvalue weighted by Crippen LogP contribution is -2.48. The largest absolute Gasteiger partial charge is 0.522 e. The molecule has 4 nitrogen and oxygen atoms in total. The molecule has 0 N–H and O–H groups in total. The highest BCUT2D eigenvalue weighted by molar-refractivity contribution is 5.68. The Balaban J connectivity index is 2.59. The van der Waals surface area contributed by atoms with E-state index < -0.39 is 30.7 Å². The smallest absolute Gasteiger partial charge is 0.444 e. The monoisotopic (exact) mass is 283 g/mol. The van der Waals surface area contributed by atoms with E-state index in [0.717, 1.165) is 12.8 Å². The van der Waals surface area contributed by atoms with Crippen LogP contribution >= 0.6 is 0 Å². The minimum atomic E-state index is -4.67. The molecule has 1 aliphatic heterocycles. The van der Waals surface area contributed by atoms with Crippen LogP contribution in [-0.2, 0) is 9.47 Å². The van der Waals surface area contributed by atoms with Crippen LogP contribution in [0.15, 0.2) is 0 Å². The number of carbonyl (C=O) groups is 1. The second-order valence-electron chi connectivity index (χ2n) is 5.58. The average Bonchev–Trinajstić information content (AvgIpc) is 2.23. The van der Waals surface area contributed by atoms with E-state index in [-0.39, 0.29) is 0 Å². The molecule has 1 rings (SSSR count). The lowest BCUT2D eigenvalue weighted by molar-refractivity contribution is -0.328. The maximum atomic E-state index is 12.1. The molecule has 7 heteroatoms. The molecule has 112 valence electrons. The number of ether oxygens (including phenoxy) is 2. The van der Waals surface area contributed by atoms with Gasteiger partial charge in [0.25, 0.3) is 0 Å². The van der Waals surface area contributed by atoms with Gasteiger partial charge >= 0.3 is 12.5 Å². The zero-order valence-electron chi connectivity index (χ0n) is 11.4. The van der Waals surface area contributed by atoms with Crippen molar-refractivity contribution in [3.8, 4) is 0 Å². The molecule has 0 aromatic carbocycles. The van der Waals surface area contributed by atoms with Crippen molar-refractivity contribution in [1.82, 2.24) is 4.90 Å². The van der Waals surface area contributed by atoms with Crippen LogP contribution < -0.4 is 0 Å². The van der Waals surface area contributed by atoms with Crippen molar-refractivity contribution in [1.29, 1.82) is 0 Å². The highest BCUT2D eigenvalue weighted by Gasteiger charge is 2.35. The summed E-state index contributed by atoms with van der Waals surface area (Å²) in [7, 11) is 0. The van der Waals surface area contributed by atoms with Gasteiger partial charge in [0.05, 0.1) is 12.6 Å². The van der Waals surface area contributed by atoms with E-state index >= 15 is 0 Å². The minimum absolute atomic E-state index is 0.404. The van der Waals surface area contributed by atoms with Crippen LogP contribution in [0, 0.1) is 0 Å². The first kappa shape index (κ1) is 16.1. The predicted molar refractivity (Wildman–Crippen MR) is 62.6 cm³/mol. The first-order valence-corrected chi connectivity index (χ1v) is 6.29. The Morgan fingerprint density at radius 2 is 1.89 bits per heavy atom. The summed E-state index contributed by atoms with van der Waals surface area (Å²) < 4.78 is 45.2. The second kappa shape index (κ2) is 5.98. The van der Waals surface area contributed by atoms with E-state index in [1.54, 1.807) is 20.8 Å². The third kappa shape index (κ3) is 6.13. The first-order valence-electron chi connectivity index (χ1n) is 6.29. The van der Waals surface area contributed by atoms with Gasteiger partial charge in [-0.15, -0.1) is 13.2 Å². The molecule has 0 spiro atoms. The van der Waals surface area contributed by atoms with Crippen molar-refractivity contribution in [2.45, 2.75) is 58.0 Å². The number of likely N-dealkylation sites (tertiary alicyclic amines) is 1. The second-order valence-corrected chi connectivity index (χ2v) is 5.58. The van der Waals surface area contributed by atoms with Crippen LogP contribution in [0.1, 0.15) is 40.0 Å². The quantitative estimate of drug-likeness (QED) is 0.780. The SMILES string of the molecule is CC(C)(C)OC(=O)N1CCCCC1COC(F)(F)F. The normalized spacial score (nSPS) is 21.4. The molecular formula is C12H20F3NO3. The molecule has 0 saturated carbocycles. The number of hydrogen-bond donors (Lipinski definition) is 0. The number of amides is 1. The summed E-state index contributed by atoms with van der Waals surface area (Å²) in [4.78, 5) is 13.2. The third-order valence-electron chi connectivity index (χ3n) is 2.69. The summed E-state index contributed by atoms with van der Waals surface area (Å²) in [6.45, 7) is 5.02. The van der Waals surface area contributed by atoms with Crippen LogP contribution in [0.3, 0.4) is 0 Å². The van der Waals surface area contributed by atoms with Crippen molar-refractivity contribution in [2.24, 2.45) is 0 Å². The lowest BCUT2D eigenvalue weighted by Gasteiger charge is -2.36. The maximum absolute atomic E-state index is 12.1. The molecule has 1 fully saturated rings. The Morgan fingerprint density at radius 3 is 2.42 bits per heavy atom. The highest BCUT2D eigenvalue weighted by Crippen LogP contribution is 2.23. The highest BCUT2D eigenvalue weighted by atomic mass is 19.4. The molecule has 0 bridgehead atoms. The van der Waals surface area contributed by atoms with Gasteiger partial charge in [-0.1, -0.05) is 0 Å². The van der Waals surface area contributed by atoms with Crippen LogP contribution in [0.2, 0.25) is 0 Å². The molecule has 0 aromatic heterocycles. The van der Waals surface area contributed by atoms with Gasteiger partial charge in [-0.25, -0.2) is 4.79 Å². The number of alkyl halides is 3. The minimum Gasteiger partial charge on any atom is -0.444 e. The maximum Gasteiger partial charge on any atom is 0.522 e. The number of nitrogens with zero attached hydrogens (tertiary/aromatic N) is 1. The summed E-state index contributed by atoms with van der Waals surface area (Å²) in [5.41, 5.74) is -0.663. The van der Waals surface area contributed by atoms with Crippen molar-refractivity contribution in [3.63, 3.8) is 0 Å². The van der Waals surface area contributed by atoms with E-state index in [9.17, 15) is 18.0 Å². The first-order chi connectivity index (χ1) is 8.58. The molecule has 1 atom stereocenters. The molecule has 1 saturated heterocycles. The molecule has 1 amide bonds. The van der Waals surface area contributed by atoms with Crippen molar-refractivity contribution < 1.29 is 27.4 Å². The topological polar surface area (TPSA) is 38.8 Å². The van der Waals surface area contributed by atoms with Gasteiger partial charge in [0.1, 0.15) is 5.60 Å². The number of carbonyl (C=O) groups excluding carboxylic acids is 1. The van der Waals surface area contributed by atoms with Gasteiger partial charge in [-0.3, -0.25) is 4.74 Å². The zero-order valence-corrected chi connectivity index (χ0v) is 11.4. The molecule has 1 heterocycles. The summed E-state index contributed by atoms with van der Waals surface area (Å²) in [5, 5.41) is 0. The van der Waals surface area contributed by atoms with Gasteiger partial charge in [0.2, 0.25) is 0 Å². The zero-order chi connectivity index (χ0) is 14.7. The number of piperidine rings is 1. The predicted octanol–water partition coefficient (Wildman–Crippen LogP) is 3.31. The van der Waals surface area contributed by atoms with E-state index in [1.807, 2.05) is 0 Å². The van der Waals surface area contributed by atoms with Crippen LogP contribution in [0.25, 0.3) is 0 Å². The summed E-state index contributed by atoms with van der Waals surface area (Å²) >= 11 is 0. The molecular weight excluding hydrogens is 263 g/mol. The summed E-state index contributed by atoms with van der Waals surface area (Å²) in [6.07, 6.45) is -3.21. The van der Waals surface area contributed by atoms with Gasteiger partial charge in [-0.2, -0.15) is 0 Å². The molecule has 19 heavy (non-hydrogen) atoms. The molecule has 1 unspecified atom stereocenters. The van der Waals surface area contributed by atoms with Crippen LogP contribution in [-0.4, -0.2) is 42.2 Å². The van der Waals surface area contributed by atoms with E-state index in [1.165, 1.54) is 4.90 Å². The Labute approximate surface area is 110 Å². The molecule has 1 aliphatic rings. The van der Waals surface area contributed by atoms with E-state index in [0.29, 0.717) is 13.0 Å². The van der Waals surface area contributed by atoms with E-state index in [2.05, 4.69) is 4.74 Å². The standard InChI is InChI=1S/C12H20F3NO3/c1-11(2,3)19-10(17)16-7-5-4-6-9(16)8-18-12(13,14)15/h9H,4-8H2,1-3H3. The fraction of sp³-hybridized carbons (Fsp3) is 0.917. The van der Waals surface area contributed by atoms with Gasteiger partial charge in [0.15, 0.2) is 0 Å². The molecule has 0 aromatic rings. The Kier molecular flexibility index (Phi) is 5.06. The Morgan fingerprint density at radius 1 is 1.26 bits per heavy atom. The van der Waals surface area contributed by atoms with Crippen molar-refractivity contribution >= 4 is 6.09 Å². The van der Waals surface area contributed by atoms with Crippen LogP contribution in [0.4, 0.5) is 18.0 Å². The van der Waals surface area contributed by atoms with Crippen molar-refractivity contribution in [3.05, 3.63) is 0 Å². The van der Waals surface area contributed by atoms with Gasteiger partial charge in [0, 0.05) is 6.54 Å². The fourth-order valence-corrected chi connectivity index (χ4v) is 1.93. The molecule has 0 radical (unpaired) electrons. The number of hydrogen-bond acceptors (Lipinski definition) is 3. The lowest BCUT2D eigenvalue weighted by atomic mass is 10.0. The summed E-state index contributed by atoms with van der Waals surface area (Å²) in [5.74, 6) is 0. The third-order valence-corrected chi connectivity index (χ3v) is 2.69. The Hall–Kier alpha value is -0.980. The average molecular weight is 283 g/mol.